The van der Waals surface area contributed by atoms with Gasteiger partial charge in [-0.05, 0) is 0 Å². The van der Waals surface area contributed by atoms with Crippen molar-refractivity contribution in [3.8, 4) is 0 Å². The average molecular weight is 552 g/mol. The van der Waals surface area contributed by atoms with Gasteiger partial charge in [0.1, 0.15) is 0 Å². The summed E-state index contributed by atoms with van der Waals surface area (Å²) in [5.74, 6) is 2.83. The fourth-order valence-electron chi connectivity index (χ4n) is 2.00. The van der Waals surface area contributed by atoms with Gasteiger partial charge in [-0.2, -0.15) is 70.5 Å². The average Bonchev–Trinajstić information content (AvgIpc) is 3.30. The first kappa shape index (κ1) is 35.5. The zero-order valence-corrected chi connectivity index (χ0v) is 24.8. The van der Waals surface area contributed by atoms with Gasteiger partial charge in [-0.1, -0.05) is 18.2 Å². The SMILES string of the molecule is C[C-](C)C.C[C-](C)C.C[C](C)=[Zr].Cl.Cl.[c-]1cc2ccccc2[nH]1.c1ccc2[cH-]ccc2c1. The number of hydrogen-bond acceptors (Lipinski definition) is 0. The van der Waals surface area contributed by atoms with Crippen molar-refractivity contribution < 1.29 is 24.2 Å². The number of aromatic amines is 1. The molecule has 0 aliphatic rings. The number of halogens is 2. The Hall–Kier alpha value is -1.08. The molecule has 1 heterocycles. The fraction of sp³-hybridized carbons (Fsp3) is 0.286. The van der Waals surface area contributed by atoms with E-state index in [4.69, 9.17) is 0 Å². The van der Waals surface area contributed by atoms with E-state index in [2.05, 4.69) is 115 Å². The number of rotatable bonds is 0. The summed E-state index contributed by atoms with van der Waals surface area (Å²) in [6, 6.07) is 24.7. The molecule has 0 fully saturated rings. The molecule has 0 unspecified atom stereocenters. The second-order valence-corrected chi connectivity index (χ2v) is 10.6. The van der Waals surface area contributed by atoms with E-state index in [0.29, 0.717) is 0 Å². The smallest absolute Gasteiger partial charge is 0.0745 e. The molecular formula is C28H39Cl2NZr-4. The maximum Gasteiger partial charge on any atom is -0.0745 e. The van der Waals surface area contributed by atoms with Crippen LogP contribution in [0.25, 0.3) is 21.7 Å². The van der Waals surface area contributed by atoms with Crippen molar-refractivity contribution in [3.05, 3.63) is 90.8 Å². The monoisotopic (exact) mass is 549 g/mol. The number of nitrogens with one attached hydrogen (secondary N) is 1. The van der Waals surface area contributed by atoms with Crippen LogP contribution in [-0.4, -0.2) is 8.19 Å². The quantitative estimate of drug-likeness (QED) is 0.210. The van der Waals surface area contributed by atoms with Gasteiger partial charge < -0.3 is 16.8 Å². The van der Waals surface area contributed by atoms with E-state index in [1.807, 2.05) is 24.3 Å². The first-order chi connectivity index (χ1) is 14.1. The van der Waals surface area contributed by atoms with Crippen LogP contribution in [0, 0.1) is 18.0 Å². The number of benzene rings is 2. The Bertz CT molecular complexity index is 797. The van der Waals surface area contributed by atoms with E-state index in [1.165, 1.54) is 31.2 Å². The summed E-state index contributed by atoms with van der Waals surface area (Å²) in [6.07, 6.45) is 2.91. The van der Waals surface area contributed by atoms with Gasteiger partial charge in [0.15, 0.2) is 0 Å². The summed E-state index contributed by atoms with van der Waals surface area (Å²) in [7, 11) is 0. The molecule has 0 amide bonds. The zero-order chi connectivity index (χ0) is 22.9. The minimum atomic E-state index is 0. The molecule has 0 saturated heterocycles. The molecule has 4 aromatic rings. The molecule has 178 valence electrons. The Morgan fingerprint density at radius 1 is 0.781 bits per heavy atom. The van der Waals surface area contributed by atoms with E-state index < -0.39 is 0 Å². The number of aromatic nitrogens is 1. The Kier molecular flexibility index (Phi) is 24.1. The summed E-state index contributed by atoms with van der Waals surface area (Å²) >= 11 is 1.55. The molecule has 0 spiro atoms. The summed E-state index contributed by atoms with van der Waals surface area (Å²) in [6.45, 7) is 16.7. The molecule has 0 bridgehead atoms. The Labute approximate surface area is 223 Å². The largest absolute Gasteiger partial charge is 0.477 e. The van der Waals surface area contributed by atoms with Crippen molar-refractivity contribution in [2.24, 2.45) is 0 Å². The molecule has 1 aromatic heterocycles. The predicted molar refractivity (Wildman–Crippen MR) is 148 cm³/mol. The van der Waals surface area contributed by atoms with E-state index >= 15 is 0 Å². The van der Waals surface area contributed by atoms with Crippen LogP contribution in [0.5, 0.6) is 0 Å². The van der Waals surface area contributed by atoms with Crippen molar-refractivity contribution in [1.29, 1.82) is 0 Å². The second kappa shape index (κ2) is 21.8. The first-order valence-corrected chi connectivity index (χ1v) is 11.5. The van der Waals surface area contributed by atoms with Crippen molar-refractivity contribution >= 4 is 49.7 Å². The Morgan fingerprint density at radius 3 is 1.69 bits per heavy atom. The van der Waals surface area contributed by atoms with Crippen LogP contribution < -0.4 is 0 Å². The molecule has 0 atom stereocenters. The van der Waals surface area contributed by atoms with Gasteiger partial charge >= 0.3 is 41.3 Å². The normalized spacial score (nSPS) is 8.78. The number of fused-ring (bicyclic) bond motifs is 2. The third-order valence-corrected chi connectivity index (χ3v) is 2.94. The van der Waals surface area contributed by atoms with Crippen LogP contribution in [0.3, 0.4) is 0 Å². The fourth-order valence-corrected chi connectivity index (χ4v) is 2.00. The van der Waals surface area contributed by atoms with Gasteiger partial charge in [0.05, 0.1) is 0 Å². The molecular weight excluding hydrogens is 512 g/mol. The van der Waals surface area contributed by atoms with Crippen LogP contribution in [0.15, 0.2) is 72.8 Å². The van der Waals surface area contributed by atoms with Crippen molar-refractivity contribution in [2.75, 3.05) is 0 Å². The molecule has 1 nitrogen and oxygen atoms in total. The van der Waals surface area contributed by atoms with Crippen LogP contribution in [0.2, 0.25) is 0 Å². The number of H-pyrrole nitrogens is 1. The summed E-state index contributed by atoms with van der Waals surface area (Å²) < 4.78 is 1.51. The minimum Gasteiger partial charge on any atom is -0.477 e. The Balaban J connectivity index is -0.000000345. The van der Waals surface area contributed by atoms with Gasteiger partial charge in [-0.15, -0.1) is 78.3 Å². The van der Waals surface area contributed by atoms with E-state index in [9.17, 15) is 0 Å². The zero-order valence-electron chi connectivity index (χ0n) is 20.7. The van der Waals surface area contributed by atoms with Crippen molar-refractivity contribution in [3.63, 3.8) is 0 Å². The molecule has 32 heavy (non-hydrogen) atoms. The van der Waals surface area contributed by atoms with Crippen LogP contribution >= 0.6 is 24.8 Å². The minimum absolute atomic E-state index is 0. The summed E-state index contributed by atoms with van der Waals surface area (Å²) in [5, 5.41) is 3.88. The molecule has 3 aromatic carbocycles. The molecule has 4 rings (SSSR count). The van der Waals surface area contributed by atoms with E-state index in [0.717, 1.165) is 5.52 Å². The van der Waals surface area contributed by atoms with Gasteiger partial charge in [0.2, 0.25) is 0 Å². The van der Waals surface area contributed by atoms with Crippen molar-refractivity contribution in [1.82, 2.24) is 4.98 Å². The van der Waals surface area contributed by atoms with Gasteiger partial charge in [-0.3, -0.25) is 0 Å². The van der Waals surface area contributed by atoms with E-state index in [-0.39, 0.29) is 24.8 Å². The molecule has 0 aliphatic heterocycles. The maximum atomic E-state index is 2.99. The molecule has 0 radical (unpaired) electrons. The Morgan fingerprint density at radius 2 is 1.22 bits per heavy atom. The van der Waals surface area contributed by atoms with E-state index in [1.54, 1.807) is 24.2 Å². The molecule has 0 aliphatic carbocycles. The van der Waals surface area contributed by atoms with Crippen LogP contribution in [0.1, 0.15) is 55.4 Å². The first-order valence-electron chi connectivity index (χ1n) is 10.2. The van der Waals surface area contributed by atoms with Crippen LogP contribution in [-0.2, 0) is 24.2 Å². The number of hydrogen-bond donors (Lipinski definition) is 1. The third-order valence-electron chi connectivity index (χ3n) is 2.94. The summed E-state index contributed by atoms with van der Waals surface area (Å²) in [4.78, 5) is 2.99. The number of para-hydroxylation sites is 1. The van der Waals surface area contributed by atoms with Gasteiger partial charge in [0, 0.05) is 0 Å². The molecule has 0 saturated carbocycles. The maximum absolute atomic E-state index is 2.99. The third kappa shape index (κ3) is 20.8. The van der Waals surface area contributed by atoms with Crippen LogP contribution in [0.4, 0.5) is 0 Å². The standard InChI is InChI=1S/C9H7.C8H6N.2C4H9.C3H6.2ClH.Zr/c1-2-5-9-7-3-6-8(9)4-1;1-2-4-8-7(3-1)5-6-9-8;2*1-4(2)3;1-3-2;;;/h1-7H;1-5,9H;2*1-3H3;1-2H3;2*1H;/q4*-1;;;;. The van der Waals surface area contributed by atoms with Gasteiger partial charge in [0.25, 0.3) is 0 Å². The van der Waals surface area contributed by atoms with Crippen molar-refractivity contribution in [2.45, 2.75) is 55.4 Å². The summed E-state index contributed by atoms with van der Waals surface area (Å²) in [5.41, 5.74) is 1.15. The predicted octanol–water partition coefficient (Wildman–Crippen LogP) is 9.36. The molecule has 1 N–H and O–H groups in total. The molecule has 4 heteroatoms. The second-order valence-electron chi connectivity index (χ2n) is 8.16. The van der Waals surface area contributed by atoms with Gasteiger partial charge in [-0.25, -0.2) is 0 Å². The topological polar surface area (TPSA) is 15.8 Å².